The van der Waals surface area contributed by atoms with Crippen LogP contribution in [-0.2, 0) is 0 Å². The van der Waals surface area contributed by atoms with E-state index in [1.54, 1.807) is 11.3 Å². The highest BCUT2D eigenvalue weighted by molar-refractivity contribution is 9.10. The minimum Gasteiger partial charge on any atom is -0.329 e. The average molecular weight is 393 g/mol. The van der Waals surface area contributed by atoms with E-state index < -0.39 is 0 Å². The fourth-order valence-electron chi connectivity index (χ4n) is 3.94. The monoisotopic (exact) mass is 391 g/mol. The van der Waals surface area contributed by atoms with E-state index in [0.29, 0.717) is 12.6 Å². The van der Waals surface area contributed by atoms with Gasteiger partial charge in [0.2, 0.25) is 0 Å². The number of rotatable bonds is 3. The molecule has 3 rings (SSSR count). The summed E-state index contributed by atoms with van der Waals surface area (Å²) in [6.45, 7) is 4.23. The predicted octanol–water partition coefficient (Wildman–Crippen LogP) is 3.58. The summed E-state index contributed by atoms with van der Waals surface area (Å²) in [7, 11) is 2.28. The number of hydrogen-bond acceptors (Lipinski definition) is 4. The van der Waals surface area contributed by atoms with Crippen molar-refractivity contribution in [3.05, 3.63) is 19.8 Å². The molecular weight excluding hydrogens is 370 g/mol. The first kappa shape index (κ1) is 16.2. The lowest BCUT2D eigenvalue weighted by molar-refractivity contribution is 0.0217. The van der Waals surface area contributed by atoms with Gasteiger partial charge in [0.05, 0.1) is 6.04 Å². The van der Waals surface area contributed by atoms with E-state index in [0.717, 1.165) is 27.3 Å². The van der Waals surface area contributed by atoms with Gasteiger partial charge in [0, 0.05) is 35.0 Å². The fraction of sp³-hybridized carbons (Fsp3) is 0.733. The highest BCUT2D eigenvalue weighted by Crippen LogP contribution is 2.39. The van der Waals surface area contributed by atoms with Crippen molar-refractivity contribution in [3.8, 4) is 0 Å². The van der Waals surface area contributed by atoms with Gasteiger partial charge in [-0.05, 0) is 60.8 Å². The minimum absolute atomic E-state index is 0.312. The fourth-order valence-corrected chi connectivity index (χ4v) is 5.82. The zero-order valence-electron chi connectivity index (χ0n) is 12.4. The second kappa shape index (κ2) is 6.85. The molecule has 3 heterocycles. The topological polar surface area (TPSA) is 32.5 Å². The lowest BCUT2D eigenvalue weighted by atomic mass is 9.83. The third-order valence-corrected chi connectivity index (χ3v) is 7.61. The molecule has 2 aliphatic heterocycles. The molecule has 0 amide bonds. The van der Waals surface area contributed by atoms with Gasteiger partial charge in [-0.3, -0.25) is 4.90 Å². The van der Waals surface area contributed by atoms with Crippen LogP contribution in [0.1, 0.15) is 30.2 Å². The van der Waals surface area contributed by atoms with E-state index in [-0.39, 0.29) is 0 Å². The molecule has 0 spiro atoms. The molecule has 0 saturated carbocycles. The first-order chi connectivity index (χ1) is 10.1. The molecule has 118 valence electrons. The number of fused-ring (bicyclic) bond motifs is 1. The van der Waals surface area contributed by atoms with Crippen molar-refractivity contribution >= 4 is 38.9 Å². The predicted molar refractivity (Wildman–Crippen MR) is 94.2 cm³/mol. The van der Waals surface area contributed by atoms with Gasteiger partial charge in [-0.2, -0.15) is 0 Å². The third kappa shape index (κ3) is 3.33. The summed E-state index contributed by atoms with van der Waals surface area (Å²) in [5.41, 5.74) is 6.09. The molecule has 1 aromatic heterocycles. The zero-order valence-corrected chi connectivity index (χ0v) is 15.6. The molecule has 1 aromatic rings. The van der Waals surface area contributed by atoms with E-state index in [9.17, 15) is 0 Å². The van der Waals surface area contributed by atoms with Crippen LogP contribution in [0.15, 0.2) is 10.5 Å². The molecular formula is C15H23BrClN3S. The molecule has 2 aliphatic rings. The molecule has 3 unspecified atom stereocenters. The summed E-state index contributed by atoms with van der Waals surface area (Å²) < 4.78 is 1.82. The van der Waals surface area contributed by atoms with Crippen LogP contribution >= 0.6 is 38.9 Å². The summed E-state index contributed by atoms with van der Waals surface area (Å²) in [6.07, 6.45) is 3.95. The maximum Gasteiger partial charge on any atom is 0.107 e. The van der Waals surface area contributed by atoms with Gasteiger partial charge in [0.25, 0.3) is 0 Å². The molecule has 2 N–H and O–H groups in total. The van der Waals surface area contributed by atoms with Crippen molar-refractivity contribution in [1.29, 1.82) is 0 Å². The molecule has 21 heavy (non-hydrogen) atoms. The van der Waals surface area contributed by atoms with Crippen LogP contribution in [0.3, 0.4) is 0 Å². The molecule has 3 nitrogen and oxygen atoms in total. The van der Waals surface area contributed by atoms with Crippen LogP contribution in [0.2, 0.25) is 4.34 Å². The lowest BCUT2D eigenvalue weighted by Crippen LogP contribution is -2.53. The normalized spacial score (nSPS) is 29.3. The van der Waals surface area contributed by atoms with Crippen LogP contribution < -0.4 is 5.73 Å². The van der Waals surface area contributed by atoms with Crippen molar-refractivity contribution in [3.63, 3.8) is 0 Å². The van der Waals surface area contributed by atoms with E-state index in [4.69, 9.17) is 17.3 Å². The van der Waals surface area contributed by atoms with Gasteiger partial charge < -0.3 is 10.6 Å². The maximum absolute atomic E-state index is 6.20. The van der Waals surface area contributed by atoms with E-state index >= 15 is 0 Å². The van der Waals surface area contributed by atoms with Crippen LogP contribution in [0.4, 0.5) is 0 Å². The molecule has 2 fully saturated rings. The standard InChI is InChI=1S/C15H23BrClN3S/c1-19-5-2-3-10-9-20(6-4-12(10)19)13(8-18)14-7-11(16)15(17)21-14/h7,10,12-13H,2-6,8-9,18H2,1H3. The van der Waals surface area contributed by atoms with E-state index in [1.165, 1.54) is 37.2 Å². The van der Waals surface area contributed by atoms with Crippen molar-refractivity contribution in [1.82, 2.24) is 9.80 Å². The maximum atomic E-state index is 6.20. The molecule has 6 heteroatoms. The second-order valence-electron chi connectivity index (χ2n) is 6.26. The Bertz CT molecular complexity index is 476. The van der Waals surface area contributed by atoms with E-state index in [1.807, 2.05) is 0 Å². The van der Waals surface area contributed by atoms with Crippen LogP contribution in [0, 0.1) is 5.92 Å². The summed E-state index contributed by atoms with van der Waals surface area (Å²) in [6, 6.07) is 3.22. The van der Waals surface area contributed by atoms with Gasteiger partial charge in [-0.15, -0.1) is 11.3 Å². The summed E-state index contributed by atoms with van der Waals surface area (Å²) in [4.78, 5) is 6.42. The van der Waals surface area contributed by atoms with Crippen molar-refractivity contribution in [2.45, 2.75) is 31.3 Å². The Labute approximate surface area is 144 Å². The van der Waals surface area contributed by atoms with Gasteiger partial charge in [0.1, 0.15) is 4.34 Å². The van der Waals surface area contributed by atoms with Gasteiger partial charge >= 0.3 is 0 Å². The average Bonchev–Trinajstić information content (AvgIpc) is 2.79. The van der Waals surface area contributed by atoms with Crippen molar-refractivity contribution in [2.24, 2.45) is 11.7 Å². The number of piperidine rings is 2. The SMILES string of the molecule is CN1CCCC2CN(C(CN)c3cc(Br)c(Cl)s3)CCC21. The van der Waals surface area contributed by atoms with Crippen molar-refractivity contribution < 1.29 is 0 Å². The number of thiophene rings is 1. The highest BCUT2D eigenvalue weighted by Gasteiger charge is 2.36. The Morgan fingerprint density at radius 3 is 2.95 bits per heavy atom. The largest absolute Gasteiger partial charge is 0.329 e. The summed E-state index contributed by atoms with van der Waals surface area (Å²) in [5, 5.41) is 0. The highest BCUT2D eigenvalue weighted by atomic mass is 79.9. The van der Waals surface area contributed by atoms with Gasteiger partial charge in [-0.1, -0.05) is 11.6 Å². The Morgan fingerprint density at radius 1 is 1.48 bits per heavy atom. The molecule has 0 bridgehead atoms. The molecule has 0 aliphatic carbocycles. The second-order valence-corrected chi connectivity index (χ2v) is 8.80. The molecule has 0 radical (unpaired) electrons. The van der Waals surface area contributed by atoms with Crippen LogP contribution in [0.5, 0.6) is 0 Å². The zero-order chi connectivity index (χ0) is 15.0. The Hall–Kier alpha value is 0.350. The van der Waals surface area contributed by atoms with E-state index in [2.05, 4.69) is 38.8 Å². The Balaban J connectivity index is 1.73. The van der Waals surface area contributed by atoms with Crippen LogP contribution in [0.25, 0.3) is 0 Å². The molecule has 2 saturated heterocycles. The molecule has 0 aromatic carbocycles. The smallest absolute Gasteiger partial charge is 0.107 e. The Morgan fingerprint density at radius 2 is 2.29 bits per heavy atom. The quantitative estimate of drug-likeness (QED) is 0.853. The summed E-state index contributed by atoms with van der Waals surface area (Å²) in [5.74, 6) is 0.797. The first-order valence-electron chi connectivity index (χ1n) is 7.69. The number of likely N-dealkylation sites (tertiary alicyclic amines) is 2. The Kier molecular flexibility index (Phi) is 5.29. The molecule has 3 atom stereocenters. The van der Waals surface area contributed by atoms with Crippen LogP contribution in [-0.4, -0.2) is 49.1 Å². The van der Waals surface area contributed by atoms with Gasteiger partial charge in [0.15, 0.2) is 0 Å². The number of hydrogen-bond donors (Lipinski definition) is 1. The minimum atomic E-state index is 0.312. The number of nitrogens with zero attached hydrogens (tertiary/aromatic N) is 2. The van der Waals surface area contributed by atoms with Crippen molar-refractivity contribution in [2.75, 3.05) is 33.2 Å². The first-order valence-corrected chi connectivity index (χ1v) is 9.68. The third-order valence-electron chi connectivity index (χ3n) is 5.03. The summed E-state index contributed by atoms with van der Waals surface area (Å²) >= 11 is 11.4. The van der Waals surface area contributed by atoms with Gasteiger partial charge in [-0.25, -0.2) is 0 Å². The number of nitrogens with two attached hydrogens (primary N) is 1. The number of halogens is 2. The lowest BCUT2D eigenvalue weighted by Gasteiger charge is -2.47.